The van der Waals surface area contributed by atoms with Crippen molar-refractivity contribution in [2.75, 3.05) is 19.6 Å². The second-order valence-corrected chi connectivity index (χ2v) is 26.5. The van der Waals surface area contributed by atoms with E-state index in [-0.39, 0.29) is 0 Å². The predicted molar refractivity (Wildman–Crippen MR) is 434 cm³/mol. The highest BCUT2D eigenvalue weighted by Gasteiger charge is 2.25. The van der Waals surface area contributed by atoms with E-state index in [2.05, 4.69) is 402 Å². The Morgan fingerprint density at radius 3 is 0.471 bits per heavy atom. The summed E-state index contributed by atoms with van der Waals surface area (Å²) in [6, 6.07) is 140. The van der Waals surface area contributed by atoms with Gasteiger partial charge in [-0.25, -0.2) is 0 Å². The highest BCUT2D eigenvalue weighted by atomic mass is 15.2. The number of nitrogens with zero attached hydrogens (tertiary/aromatic N) is 5. The Balaban J connectivity index is 0.866. The van der Waals surface area contributed by atoms with E-state index in [4.69, 9.17) is 4.98 Å². The van der Waals surface area contributed by atoms with Gasteiger partial charge in [-0.15, -0.1) is 0 Å². The molecule has 102 heavy (non-hydrogen) atoms. The van der Waals surface area contributed by atoms with Gasteiger partial charge in [0.15, 0.2) is 0 Å². The second kappa shape index (κ2) is 25.4. The lowest BCUT2D eigenvalue weighted by Gasteiger charge is -2.31. The van der Waals surface area contributed by atoms with Crippen LogP contribution in [0.25, 0.3) is 108 Å². The van der Waals surface area contributed by atoms with Crippen LogP contribution in [0.5, 0.6) is 0 Å². The van der Waals surface area contributed by atoms with Crippen molar-refractivity contribution in [1.29, 1.82) is 0 Å². The molecule has 1 aromatic heterocycles. The Bertz CT molecular complexity index is 5410. The van der Waals surface area contributed by atoms with Crippen LogP contribution in [0.15, 0.2) is 395 Å². The third-order valence-electron chi connectivity index (χ3n) is 20.2. The minimum Gasteiger partial charge on any atom is -0.310 e. The van der Waals surface area contributed by atoms with E-state index < -0.39 is 0 Å². The van der Waals surface area contributed by atoms with Crippen LogP contribution in [0.1, 0.15) is 0 Å². The van der Waals surface area contributed by atoms with Crippen molar-refractivity contribution in [1.82, 2.24) is 4.98 Å². The molecule has 0 spiro atoms. The maximum Gasteiger partial charge on any atom is 0.0488 e. The number of fused-ring (bicyclic) bond motifs is 8. The summed E-state index contributed by atoms with van der Waals surface area (Å²) < 4.78 is 0. The molecule has 5 heteroatoms. The van der Waals surface area contributed by atoms with E-state index in [1.807, 2.05) is 12.4 Å². The van der Waals surface area contributed by atoms with Gasteiger partial charge >= 0.3 is 0 Å². The van der Waals surface area contributed by atoms with Gasteiger partial charge in [0.2, 0.25) is 0 Å². The molecule has 0 bridgehead atoms. The van der Waals surface area contributed by atoms with Crippen LogP contribution in [0.2, 0.25) is 0 Å². The lowest BCUT2D eigenvalue weighted by molar-refractivity contribution is 1.25. The number of benzene rings is 18. The van der Waals surface area contributed by atoms with Crippen LogP contribution in [-0.4, -0.2) is 4.98 Å². The Hall–Kier alpha value is -13.6. The van der Waals surface area contributed by atoms with E-state index in [0.717, 1.165) is 134 Å². The standard InChI is InChI=1S/C97H65N5/c1-9-25-74-50-86(41-33-66(74)17-1)99(87-42-34-67-18-2-10-26-75(67)51-87)94-58-82(59-95(62-94)100(88-43-35-68-19-3-11-27-76(68)52-88)89-44-36-69-20-4-12-28-77(69)53-89)84-49-85(65-98-64-84)83-60-96(101(90-45-37-70-21-5-13-29-78(70)54-90)91-46-38-71-22-6-14-30-79(71)55-91)63-97(61-83)102(92-47-39-72-23-7-15-31-80(72)56-92)93-48-40-73-24-8-16-32-81(73)57-93/h1-65H. The van der Waals surface area contributed by atoms with Crippen LogP contribution in [0, 0.1) is 0 Å². The topological polar surface area (TPSA) is 25.9 Å². The summed E-state index contributed by atoms with van der Waals surface area (Å²) in [4.78, 5) is 15.0. The van der Waals surface area contributed by atoms with Crippen molar-refractivity contribution in [2.45, 2.75) is 0 Å². The summed E-state index contributed by atoms with van der Waals surface area (Å²) in [5, 5.41) is 18.7. The largest absolute Gasteiger partial charge is 0.310 e. The Labute approximate surface area is 592 Å². The zero-order valence-electron chi connectivity index (χ0n) is 55.8. The molecule has 0 radical (unpaired) electrons. The molecule has 5 nitrogen and oxygen atoms in total. The van der Waals surface area contributed by atoms with Crippen molar-refractivity contribution in [2.24, 2.45) is 0 Å². The van der Waals surface area contributed by atoms with E-state index in [9.17, 15) is 0 Å². The number of hydrogen-bond donors (Lipinski definition) is 0. The first kappa shape index (κ1) is 59.6. The third-order valence-corrected chi connectivity index (χ3v) is 20.2. The fourth-order valence-corrected chi connectivity index (χ4v) is 15.1. The SMILES string of the molecule is c1ccc2cc(N(c3cc(-c4cncc(-c5cc(N(c6ccc7ccccc7c6)c6ccc7ccccc7c6)cc(N(c6ccc7ccccc7c6)c6ccc7ccccc7c6)c5)c4)cc(N(c4ccc5ccccc5c4)c4ccc5ccccc5c4)c3)c3ccc4ccccc4c3)ccc2c1. The van der Waals surface area contributed by atoms with Crippen molar-refractivity contribution in [3.05, 3.63) is 395 Å². The fraction of sp³-hybridized carbons (Fsp3) is 0. The molecule has 1 heterocycles. The number of rotatable bonds is 14. The van der Waals surface area contributed by atoms with Crippen molar-refractivity contribution in [3.8, 4) is 22.3 Å². The molecule has 478 valence electrons. The van der Waals surface area contributed by atoms with Gasteiger partial charge < -0.3 is 19.6 Å². The molecule has 0 N–H and O–H groups in total. The zero-order valence-corrected chi connectivity index (χ0v) is 55.8. The summed E-state index contributed by atoms with van der Waals surface area (Å²) in [5.41, 5.74) is 16.1. The van der Waals surface area contributed by atoms with E-state index in [0.29, 0.717) is 0 Å². The van der Waals surface area contributed by atoms with Gasteiger partial charge in [-0.1, -0.05) is 243 Å². The Kier molecular flexibility index (Phi) is 14.8. The molecule has 19 rings (SSSR count). The Morgan fingerprint density at radius 2 is 0.294 bits per heavy atom. The molecule has 0 amide bonds. The Morgan fingerprint density at radius 1 is 0.127 bits per heavy atom. The molecule has 19 aromatic rings. The summed E-state index contributed by atoms with van der Waals surface area (Å²) in [6.45, 7) is 0. The van der Waals surface area contributed by atoms with Gasteiger partial charge in [-0.3, -0.25) is 4.98 Å². The van der Waals surface area contributed by atoms with Gasteiger partial charge in [0, 0.05) is 91.8 Å². The van der Waals surface area contributed by atoms with E-state index in [1.165, 1.54) is 43.1 Å². The molecule has 0 aliphatic heterocycles. The fourth-order valence-electron chi connectivity index (χ4n) is 15.1. The lowest BCUT2D eigenvalue weighted by Crippen LogP contribution is -2.14. The van der Waals surface area contributed by atoms with Crippen LogP contribution in [0.4, 0.5) is 68.2 Å². The number of hydrogen-bond acceptors (Lipinski definition) is 5. The quantitative estimate of drug-likeness (QED) is 0.108. The highest BCUT2D eigenvalue weighted by molar-refractivity contribution is 6.01. The molecular weight excluding hydrogens is 1240 g/mol. The molecule has 0 atom stereocenters. The third kappa shape index (κ3) is 11.3. The minimum atomic E-state index is 0.957. The molecule has 0 aliphatic carbocycles. The summed E-state index contributed by atoms with van der Waals surface area (Å²) in [7, 11) is 0. The van der Waals surface area contributed by atoms with Crippen LogP contribution < -0.4 is 19.6 Å². The molecule has 0 fully saturated rings. The normalized spacial score (nSPS) is 11.5. The molecule has 18 aromatic carbocycles. The predicted octanol–water partition coefficient (Wildman–Crippen LogP) is 27.5. The molecular formula is C97H65N5. The van der Waals surface area contributed by atoms with Gasteiger partial charge in [0.1, 0.15) is 0 Å². The maximum absolute atomic E-state index is 5.32. The van der Waals surface area contributed by atoms with E-state index >= 15 is 0 Å². The smallest absolute Gasteiger partial charge is 0.0488 e. The maximum atomic E-state index is 5.32. The van der Waals surface area contributed by atoms with Gasteiger partial charge in [-0.2, -0.15) is 0 Å². The van der Waals surface area contributed by atoms with Crippen molar-refractivity contribution in [3.63, 3.8) is 0 Å². The summed E-state index contributed by atoms with van der Waals surface area (Å²) in [6.07, 6.45) is 4.08. The highest BCUT2D eigenvalue weighted by Crippen LogP contribution is 2.49. The number of pyridine rings is 1. The van der Waals surface area contributed by atoms with Crippen LogP contribution in [0.3, 0.4) is 0 Å². The lowest BCUT2D eigenvalue weighted by atomic mass is 9.98. The van der Waals surface area contributed by atoms with Crippen LogP contribution in [-0.2, 0) is 0 Å². The zero-order chi connectivity index (χ0) is 67.5. The molecule has 0 saturated heterocycles. The van der Waals surface area contributed by atoms with Gasteiger partial charge in [0.25, 0.3) is 0 Å². The first-order valence-electron chi connectivity index (χ1n) is 34.8. The average molecular weight is 1300 g/mol. The van der Waals surface area contributed by atoms with Crippen LogP contribution >= 0.6 is 0 Å². The monoisotopic (exact) mass is 1300 g/mol. The number of aromatic nitrogens is 1. The van der Waals surface area contributed by atoms with E-state index in [1.54, 1.807) is 0 Å². The number of anilines is 12. The first-order chi connectivity index (χ1) is 50.5. The first-order valence-corrected chi connectivity index (χ1v) is 34.8. The molecule has 0 saturated carbocycles. The van der Waals surface area contributed by atoms with Gasteiger partial charge in [-0.05, 0) is 237 Å². The summed E-state index contributed by atoms with van der Waals surface area (Å²) in [5.74, 6) is 0. The van der Waals surface area contributed by atoms with Crippen molar-refractivity contribution < 1.29 is 0 Å². The summed E-state index contributed by atoms with van der Waals surface area (Å²) >= 11 is 0. The molecule has 0 aliphatic rings. The second-order valence-electron chi connectivity index (χ2n) is 26.5. The van der Waals surface area contributed by atoms with Gasteiger partial charge in [0.05, 0.1) is 0 Å². The minimum absolute atomic E-state index is 0.957. The van der Waals surface area contributed by atoms with Crippen molar-refractivity contribution >= 4 is 154 Å². The molecule has 0 unspecified atom stereocenters. The average Bonchev–Trinajstić information content (AvgIpc) is 0.766.